The maximum atomic E-state index is 11.1. The van der Waals surface area contributed by atoms with Crippen LogP contribution in [0.4, 0.5) is 5.82 Å². The van der Waals surface area contributed by atoms with Gasteiger partial charge in [0.2, 0.25) is 5.91 Å². The Morgan fingerprint density at radius 1 is 1.73 bits per heavy atom. The van der Waals surface area contributed by atoms with Crippen LogP contribution in [-0.4, -0.2) is 15.9 Å². The Morgan fingerprint density at radius 2 is 2.45 bits per heavy atom. The Hall–Kier alpha value is -1.32. The average Bonchev–Trinajstić information content (AvgIpc) is 2.39. The zero-order valence-corrected chi connectivity index (χ0v) is 6.59. The Balaban J connectivity index is 2.50. The van der Waals surface area contributed by atoms with Crippen LogP contribution in [0.25, 0.3) is 0 Å². The number of H-pyrrole nitrogens is 1. The summed E-state index contributed by atoms with van der Waals surface area (Å²) in [5.41, 5.74) is 0. The monoisotopic (exact) mass is 153 g/mol. The maximum Gasteiger partial charge on any atom is 0.228 e. The molecule has 1 rings (SSSR count). The molecule has 0 aliphatic heterocycles. The summed E-state index contributed by atoms with van der Waals surface area (Å²) in [5, 5.41) is 2.66. The third kappa shape index (κ3) is 2.07. The molecule has 0 aliphatic rings. The fourth-order valence-corrected chi connectivity index (χ4v) is 0.601. The predicted octanol–water partition coefficient (Wildman–Crippen LogP) is 1.00. The van der Waals surface area contributed by atoms with Crippen LogP contribution in [0.3, 0.4) is 0 Å². The first-order valence-electron chi connectivity index (χ1n) is 3.49. The molecule has 0 aliphatic carbocycles. The van der Waals surface area contributed by atoms with Crippen molar-refractivity contribution in [2.24, 2.45) is 5.92 Å². The molecule has 0 fully saturated rings. The molecule has 0 radical (unpaired) electrons. The molecule has 60 valence electrons. The average molecular weight is 153 g/mol. The number of anilines is 1. The molecule has 0 bridgehead atoms. The molecule has 2 N–H and O–H groups in total. The van der Waals surface area contributed by atoms with E-state index in [1.54, 1.807) is 6.20 Å². The highest BCUT2D eigenvalue weighted by Gasteiger charge is 2.06. The molecule has 0 unspecified atom stereocenters. The number of hydrogen-bond donors (Lipinski definition) is 2. The van der Waals surface area contributed by atoms with Crippen LogP contribution in [0, 0.1) is 5.92 Å². The number of nitrogens with one attached hydrogen (secondary N) is 2. The molecule has 4 nitrogen and oxygen atoms in total. The van der Waals surface area contributed by atoms with Crippen LogP contribution in [0.1, 0.15) is 13.8 Å². The molecule has 0 saturated heterocycles. The first kappa shape index (κ1) is 7.78. The van der Waals surface area contributed by atoms with Crippen molar-refractivity contribution in [1.29, 1.82) is 0 Å². The molecule has 4 heteroatoms. The predicted molar refractivity (Wildman–Crippen MR) is 42.1 cm³/mol. The lowest BCUT2D eigenvalue weighted by Gasteiger charge is -2.03. The van der Waals surface area contributed by atoms with E-state index >= 15 is 0 Å². The van der Waals surface area contributed by atoms with Crippen molar-refractivity contribution in [2.45, 2.75) is 13.8 Å². The van der Waals surface area contributed by atoms with Gasteiger partial charge in [-0.05, 0) is 0 Å². The van der Waals surface area contributed by atoms with Gasteiger partial charge in [0.15, 0.2) is 0 Å². The van der Waals surface area contributed by atoms with Crippen molar-refractivity contribution in [3.05, 3.63) is 12.5 Å². The van der Waals surface area contributed by atoms with E-state index in [1.165, 1.54) is 6.33 Å². The molecular weight excluding hydrogens is 142 g/mol. The van der Waals surface area contributed by atoms with Crippen molar-refractivity contribution in [1.82, 2.24) is 9.97 Å². The van der Waals surface area contributed by atoms with E-state index in [2.05, 4.69) is 15.3 Å². The van der Waals surface area contributed by atoms with Gasteiger partial charge in [0, 0.05) is 5.92 Å². The van der Waals surface area contributed by atoms with Crippen molar-refractivity contribution in [3.8, 4) is 0 Å². The number of imidazole rings is 1. The van der Waals surface area contributed by atoms with E-state index in [0.717, 1.165) is 0 Å². The molecule has 1 heterocycles. The number of carbonyl (C=O) groups is 1. The van der Waals surface area contributed by atoms with E-state index in [4.69, 9.17) is 0 Å². The van der Waals surface area contributed by atoms with Crippen molar-refractivity contribution in [3.63, 3.8) is 0 Å². The molecule has 1 aromatic heterocycles. The number of amides is 1. The van der Waals surface area contributed by atoms with E-state index < -0.39 is 0 Å². The van der Waals surface area contributed by atoms with Crippen LogP contribution >= 0.6 is 0 Å². The second kappa shape index (κ2) is 3.18. The van der Waals surface area contributed by atoms with Crippen LogP contribution in [-0.2, 0) is 4.79 Å². The second-order valence-electron chi connectivity index (χ2n) is 2.61. The first-order chi connectivity index (χ1) is 5.20. The minimum atomic E-state index is -0.00532. The molecule has 0 saturated carbocycles. The van der Waals surface area contributed by atoms with E-state index in [0.29, 0.717) is 5.82 Å². The molecule has 0 atom stereocenters. The number of aromatic nitrogens is 2. The van der Waals surface area contributed by atoms with Crippen molar-refractivity contribution >= 4 is 11.7 Å². The minimum Gasteiger partial charge on any atom is -0.331 e. The summed E-state index contributed by atoms with van der Waals surface area (Å²) in [6, 6.07) is 0. The number of carbonyl (C=O) groups excluding carboxylic acids is 1. The number of aromatic amines is 1. The van der Waals surface area contributed by atoms with Gasteiger partial charge in [-0.15, -0.1) is 0 Å². The van der Waals surface area contributed by atoms with E-state index in [1.807, 2.05) is 13.8 Å². The zero-order chi connectivity index (χ0) is 8.27. The molecule has 1 amide bonds. The summed E-state index contributed by atoms with van der Waals surface area (Å²) in [6.07, 6.45) is 3.09. The quantitative estimate of drug-likeness (QED) is 0.666. The van der Waals surface area contributed by atoms with Crippen molar-refractivity contribution in [2.75, 3.05) is 5.32 Å². The third-order valence-electron chi connectivity index (χ3n) is 1.28. The third-order valence-corrected chi connectivity index (χ3v) is 1.28. The number of nitrogens with zero attached hydrogens (tertiary/aromatic N) is 1. The highest BCUT2D eigenvalue weighted by atomic mass is 16.1. The topological polar surface area (TPSA) is 57.8 Å². The van der Waals surface area contributed by atoms with Gasteiger partial charge in [-0.2, -0.15) is 0 Å². The summed E-state index contributed by atoms with van der Waals surface area (Å²) in [5.74, 6) is 0.635. The van der Waals surface area contributed by atoms with Crippen LogP contribution < -0.4 is 5.32 Å². The summed E-state index contributed by atoms with van der Waals surface area (Å²) in [7, 11) is 0. The van der Waals surface area contributed by atoms with Crippen LogP contribution in [0.2, 0.25) is 0 Å². The largest absolute Gasteiger partial charge is 0.331 e. The normalized spacial score (nSPS) is 10.1. The number of hydrogen-bond acceptors (Lipinski definition) is 2. The Bertz CT molecular complexity index is 228. The smallest absolute Gasteiger partial charge is 0.228 e. The van der Waals surface area contributed by atoms with Gasteiger partial charge in [0.25, 0.3) is 0 Å². The van der Waals surface area contributed by atoms with Gasteiger partial charge in [-0.25, -0.2) is 4.98 Å². The summed E-state index contributed by atoms with van der Waals surface area (Å²) in [6.45, 7) is 3.68. The maximum absolute atomic E-state index is 11.1. The first-order valence-corrected chi connectivity index (χ1v) is 3.49. The second-order valence-corrected chi connectivity index (χ2v) is 2.61. The molecule has 0 aromatic carbocycles. The van der Waals surface area contributed by atoms with Gasteiger partial charge < -0.3 is 10.3 Å². The van der Waals surface area contributed by atoms with Crippen molar-refractivity contribution < 1.29 is 4.79 Å². The molecule has 11 heavy (non-hydrogen) atoms. The van der Waals surface area contributed by atoms with Gasteiger partial charge in [0.05, 0.1) is 12.5 Å². The summed E-state index contributed by atoms with van der Waals surface area (Å²) >= 11 is 0. The Kier molecular flexibility index (Phi) is 2.25. The summed E-state index contributed by atoms with van der Waals surface area (Å²) in [4.78, 5) is 17.6. The highest BCUT2D eigenvalue weighted by Crippen LogP contribution is 2.01. The molecule has 0 spiro atoms. The standard InChI is InChI=1S/C7H11N3O/c1-5(2)7(11)10-6-3-8-4-9-6/h3-5H,1-2H3,(H,8,9)(H,10,11). The SMILES string of the molecule is CC(C)C(=O)Nc1cnc[nH]1. The van der Waals surface area contributed by atoms with E-state index in [-0.39, 0.29) is 11.8 Å². The fourth-order valence-electron chi connectivity index (χ4n) is 0.601. The lowest BCUT2D eigenvalue weighted by atomic mass is 10.2. The molecule has 1 aromatic rings. The van der Waals surface area contributed by atoms with E-state index in [9.17, 15) is 4.79 Å². The van der Waals surface area contributed by atoms with Gasteiger partial charge in [-0.3, -0.25) is 4.79 Å². The Morgan fingerprint density at radius 3 is 2.91 bits per heavy atom. The zero-order valence-electron chi connectivity index (χ0n) is 6.59. The fraction of sp³-hybridized carbons (Fsp3) is 0.429. The molecular formula is C7H11N3O. The lowest BCUT2D eigenvalue weighted by molar-refractivity contribution is -0.118. The van der Waals surface area contributed by atoms with Gasteiger partial charge in [-0.1, -0.05) is 13.8 Å². The minimum absolute atomic E-state index is 0.00157. The lowest BCUT2D eigenvalue weighted by Crippen LogP contribution is -2.17. The van der Waals surface area contributed by atoms with Crippen LogP contribution in [0.15, 0.2) is 12.5 Å². The number of rotatable bonds is 2. The summed E-state index contributed by atoms with van der Waals surface area (Å²) < 4.78 is 0. The van der Waals surface area contributed by atoms with Gasteiger partial charge in [0.1, 0.15) is 5.82 Å². The van der Waals surface area contributed by atoms with Gasteiger partial charge >= 0.3 is 0 Å². The highest BCUT2D eigenvalue weighted by molar-refractivity contribution is 5.90. The Labute approximate surface area is 65.0 Å². The van der Waals surface area contributed by atoms with Crippen LogP contribution in [0.5, 0.6) is 0 Å².